The molecule has 3 aromatic carbocycles. The number of hydrogen-bond donors (Lipinski definition) is 3. The van der Waals surface area contributed by atoms with E-state index >= 15 is 0 Å². The van der Waals surface area contributed by atoms with Gasteiger partial charge in [0.05, 0.1) is 35.5 Å². The molecule has 0 fully saturated rings. The zero-order chi connectivity index (χ0) is 38.0. The van der Waals surface area contributed by atoms with E-state index in [-0.39, 0.29) is 19.6 Å². The van der Waals surface area contributed by atoms with Gasteiger partial charge in [-0.05, 0) is 78.9 Å². The Morgan fingerprint density at radius 3 is 2.48 bits per heavy atom. The number of hydrogen-bond acceptors (Lipinski definition) is 10. The van der Waals surface area contributed by atoms with Crippen molar-refractivity contribution in [3.05, 3.63) is 123 Å². The number of pyridine rings is 2. The molecule has 1 aliphatic heterocycles. The van der Waals surface area contributed by atoms with E-state index in [1.165, 1.54) is 6.20 Å². The van der Waals surface area contributed by atoms with Crippen LogP contribution in [0.3, 0.4) is 0 Å². The smallest absolute Gasteiger partial charge is 0.303 e. The average Bonchev–Trinajstić information content (AvgIpc) is 3.72. The van der Waals surface area contributed by atoms with E-state index in [1.54, 1.807) is 31.5 Å². The van der Waals surface area contributed by atoms with Crippen LogP contribution in [-0.4, -0.2) is 53.6 Å². The molecule has 0 saturated heterocycles. The van der Waals surface area contributed by atoms with Crippen LogP contribution in [0.1, 0.15) is 51.8 Å². The third kappa shape index (κ3) is 8.97. The number of aromatic nitrogens is 2. The number of rotatable bonds is 16. The maximum absolute atomic E-state index is 10.9. The zero-order valence-electron chi connectivity index (χ0n) is 30.4. The van der Waals surface area contributed by atoms with Crippen LogP contribution in [0.25, 0.3) is 22.4 Å². The number of benzene rings is 3. The average molecular weight is 745 g/mol. The van der Waals surface area contributed by atoms with Crippen molar-refractivity contribution >= 4 is 23.4 Å². The van der Waals surface area contributed by atoms with Gasteiger partial charge in [0.1, 0.15) is 36.6 Å². The molecule has 5 aromatic rings. The fraction of sp³-hybridized carbons (Fsp3) is 0.262. The first-order chi connectivity index (χ1) is 26.2. The number of methoxy groups -OCH3 is 1. The number of carboxylic acid groups (broad SMARTS) is 1. The summed E-state index contributed by atoms with van der Waals surface area (Å²) in [5, 5.41) is 25.3. The van der Waals surface area contributed by atoms with Crippen LogP contribution in [0.5, 0.6) is 17.4 Å². The number of ether oxygens (including phenoxy) is 3. The van der Waals surface area contributed by atoms with Gasteiger partial charge in [-0.2, -0.15) is 5.26 Å². The predicted octanol–water partition coefficient (Wildman–Crippen LogP) is 7.42. The lowest BCUT2D eigenvalue weighted by Crippen LogP contribution is -2.20. The van der Waals surface area contributed by atoms with Crippen molar-refractivity contribution in [3.63, 3.8) is 0 Å². The third-order valence-electron chi connectivity index (χ3n) is 9.20. The molecule has 11 nitrogen and oxygen atoms in total. The minimum Gasteiger partial charge on any atom is -0.488 e. The fourth-order valence-electron chi connectivity index (χ4n) is 6.33. The van der Waals surface area contributed by atoms with Crippen LogP contribution >= 0.6 is 11.6 Å². The van der Waals surface area contributed by atoms with Crippen LogP contribution in [0.4, 0.5) is 0 Å². The van der Waals surface area contributed by atoms with Crippen molar-refractivity contribution in [2.24, 2.45) is 4.99 Å². The number of aliphatic imine (C=N–C) groups is 1. The van der Waals surface area contributed by atoms with Gasteiger partial charge >= 0.3 is 5.97 Å². The Balaban J connectivity index is 1.23. The first kappa shape index (κ1) is 37.8. The van der Waals surface area contributed by atoms with Gasteiger partial charge in [0.15, 0.2) is 0 Å². The molecule has 12 heteroatoms. The van der Waals surface area contributed by atoms with Crippen LogP contribution in [-0.2, 0) is 24.6 Å². The molecule has 6 rings (SSSR count). The SMILES string of the molecule is COc1nc(-c2cccc(-c3cccc(COc4cc(OCc5cncc(C#N)c5)c(CNCCCC(=O)O)cc4Cl)c3C)c2C)ccc1C1=NCCN1. The maximum Gasteiger partial charge on any atom is 0.303 e. The highest BCUT2D eigenvalue weighted by Gasteiger charge is 2.19. The summed E-state index contributed by atoms with van der Waals surface area (Å²) in [6, 6.07) is 23.8. The molecule has 0 bridgehead atoms. The normalized spacial score (nSPS) is 12.1. The summed E-state index contributed by atoms with van der Waals surface area (Å²) in [6.07, 6.45) is 3.71. The van der Waals surface area contributed by atoms with Crippen molar-refractivity contribution in [2.45, 2.75) is 46.4 Å². The van der Waals surface area contributed by atoms with Crippen LogP contribution in [0, 0.1) is 25.2 Å². The Hall–Kier alpha value is -5.96. The summed E-state index contributed by atoms with van der Waals surface area (Å²) in [7, 11) is 1.62. The summed E-state index contributed by atoms with van der Waals surface area (Å²) < 4.78 is 18.3. The largest absolute Gasteiger partial charge is 0.488 e. The monoisotopic (exact) mass is 744 g/mol. The molecule has 3 heterocycles. The van der Waals surface area contributed by atoms with E-state index in [9.17, 15) is 10.1 Å². The molecule has 0 saturated carbocycles. The first-order valence-electron chi connectivity index (χ1n) is 17.6. The molecule has 0 atom stereocenters. The van der Waals surface area contributed by atoms with E-state index in [1.807, 2.05) is 30.3 Å². The number of carbonyl (C=O) groups is 1. The summed E-state index contributed by atoms with van der Waals surface area (Å²) in [6.45, 7) is 7.08. The minimum absolute atomic E-state index is 0.0762. The molecular weight excluding hydrogens is 704 g/mol. The van der Waals surface area contributed by atoms with Gasteiger partial charge in [-0.15, -0.1) is 0 Å². The van der Waals surface area contributed by atoms with E-state index < -0.39 is 5.97 Å². The number of nitrogens with zero attached hydrogens (tertiary/aromatic N) is 4. The van der Waals surface area contributed by atoms with Crippen molar-refractivity contribution in [1.82, 2.24) is 20.6 Å². The van der Waals surface area contributed by atoms with E-state index in [2.05, 4.69) is 58.7 Å². The molecule has 0 amide bonds. The number of amidine groups is 1. The van der Waals surface area contributed by atoms with E-state index in [0.29, 0.717) is 47.5 Å². The topological polar surface area (TPSA) is 151 Å². The minimum atomic E-state index is -0.837. The standard InChI is InChI=1S/C42H41ClN6O5/c1-26-30(7-4-8-32(26)33-9-5-10-34(27(33)2)37-13-12-35(42(49-37)52-3)41-47-15-16-48-41)25-54-39-19-38(53-24-29-17-28(20-44)21-46-22-29)31(18-36(39)43)23-45-14-6-11-40(50)51/h4-5,7-10,12-13,17-19,21-22,45H,6,11,14-16,23-25H2,1-3H3,(H,47,48)(H,50,51). The van der Waals surface area contributed by atoms with Crippen molar-refractivity contribution in [1.29, 1.82) is 5.26 Å². The Morgan fingerprint density at radius 1 is 0.944 bits per heavy atom. The lowest BCUT2D eigenvalue weighted by atomic mass is 9.90. The van der Waals surface area contributed by atoms with E-state index in [4.69, 9.17) is 35.9 Å². The lowest BCUT2D eigenvalue weighted by Gasteiger charge is -2.18. The highest BCUT2D eigenvalue weighted by Crippen LogP contribution is 2.37. The second-order valence-corrected chi connectivity index (χ2v) is 13.2. The quantitative estimate of drug-likeness (QED) is 0.0871. The number of nitrogens with one attached hydrogen (secondary N) is 2. The van der Waals surface area contributed by atoms with Gasteiger partial charge in [-0.3, -0.25) is 14.8 Å². The number of aliphatic carboxylic acids is 1. The fourth-order valence-corrected chi connectivity index (χ4v) is 6.57. The van der Waals surface area contributed by atoms with Crippen LogP contribution in [0.15, 0.2) is 84.1 Å². The Labute approximate surface area is 319 Å². The second-order valence-electron chi connectivity index (χ2n) is 12.8. The third-order valence-corrected chi connectivity index (χ3v) is 9.50. The molecule has 3 N–H and O–H groups in total. The molecule has 2 aromatic heterocycles. The highest BCUT2D eigenvalue weighted by atomic mass is 35.5. The molecule has 276 valence electrons. The Morgan fingerprint density at radius 2 is 1.72 bits per heavy atom. The van der Waals surface area contributed by atoms with Gasteiger partial charge in [0.25, 0.3) is 0 Å². The maximum atomic E-state index is 10.9. The molecular formula is C42H41ClN6O5. The van der Waals surface area contributed by atoms with Crippen molar-refractivity contribution in [3.8, 4) is 45.8 Å². The molecule has 0 unspecified atom stereocenters. The molecule has 0 aliphatic carbocycles. The van der Waals surface area contributed by atoms with Gasteiger partial charge in [0.2, 0.25) is 5.88 Å². The van der Waals surface area contributed by atoms with Gasteiger partial charge in [0, 0.05) is 54.7 Å². The second kappa shape index (κ2) is 17.7. The Bertz CT molecular complexity index is 2230. The summed E-state index contributed by atoms with van der Waals surface area (Å²) in [4.78, 5) is 24.5. The molecule has 1 aliphatic rings. The number of halogens is 1. The molecule has 0 radical (unpaired) electrons. The van der Waals surface area contributed by atoms with E-state index in [0.717, 1.165) is 74.7 Å². The first-order valence-corrected chi connectivity index (χ1v) is 18.0. The highest BCUT2D eigenvalue weighted by molar-refractivity contribution is 6.32. The summed E-state index contributed by atoms with van der Waals surface area (Å²) in [5.41, 5.74) is 9.94. The van der Waals surface area contributed by atoms with Crippen molar-refractivity contribution < 1.29 is 24.1 Å². The van der Waals surface area contributed by atoms with Crippen LogP contribution < -0.4 is 24.8 Å². The van der Waals surface area contributed by atoms with Gasteiger partial charge < -0.3 is 30.0 Å². The van der Waals surface area contributed by atoms with Gasteiger partial charge in [-0.1, -0.05) is 48.0 Å². The zero-order valence-corrected chi connectivity index (χ0v) is 31.2. The van der Waals surface area contributed by atoms with Gasteiger partial charge in [-0.25, -0.2) is 4.98 Å². The van der Waals surface area contributed by atoms with Crippen LogP contribution in [0.2, 0.25) is 5.02 Å². The lowest BCUT2D eigenvalue weighted by molar-refractivity contribution is -0.137. The number of nitriles is 1. The summed E-state index contributed by atoms with van der Waals surface area (Å²) in [5.74, 6) is 1.49. The molecule has 0 spiro atoms. The van der Waals surface area contributed by atoms with Crippen molar-refractivity contribution in [2.75, 3.05) is 26.7 Å². The Kier molecular flexibility index (Phi) is 12.4. The number of carboxylic acids is 1. The molecule has 54 heavy (non-hydrogen) atoms. The summed E-state index contributed by atoms with van der Waals surface area (Å²) >= 11 is 6.78. The predicted molar refractivity (Wildman–Crippen MR) is 208 cm³/mol.